The van der Waals surface area contributed by atoms with E-state index in [9.17, 15) is 0 Å². The molecule has 0 spiro atoms. The van der Waals surface area contributed by atoms with Crippen molar-refractivity contribution in [2.75, 3.05) is 19.5 Å². The van der Waals surface area contributed by atoms with Gasteiger partial charge in [-0.15, -0.1) is 0 Å². The standard InChI is InChI=1S/C13H14IN3O/c1-15-13-11(14)12(9-6-4-3-5-7-9)16-10(17-13)8-18-2/h3-7H,8H2,1-2H3,(H,15,16,17). The van der Waals surface area contributed by atoms with E-state index in [1.54, 1.807) is 7.11 Å². The molecule has 0 atom stereocenters. The zero-order chi connectivity index (χ0) is 13.0. The number of halogens is 1. The molecule has 0 aliphatic heterocycles. The second-order valence-electron chi connectivity index (χ2n) is 3.70. The van der Waals surface area contributed by atoms with Gasteiger partial charge in [0.2, 0.25) is 0 Å². The van der Waals surface area contributed by atoms with Crippen LogP contribution in [0, 0.1) is 3.57 Å². The molecule has 5 heteroatoms. The molecule has 0 fully saturated rings. The van der Waals surface area contributed by atoms with Gasteiger partial charge in [-0.05, 0) is 22.6 Å². The second-order valence-corrected chi connectivity index (χ2v) is 4.78. The number of rotatable bonds is 4. The van der Waals surface area contributed by atoms with Crippen LogP contribution in [0.5, 0.6) is 0 Å². The van der Waals surface area contributed by atoms with Gasteiger partial charge in [0.15, 0.2) is 5.82 Å². The summed E-state index contributed by atoms with van der Waals surface area (Å²) < 4.78 is 6.12. The number of aromatic nitrogens is 2. The van der Waals surface area contributed by atoms with E-state index < -0.39 is 0 Å². The van der Waals surface area contributed by atoms with Crippen molar-refractivity contribution in [3.05, 3.63) is 39.7 Å². The van der Waals surface area contributed by atoms with Gasteiger partial charge in [-0.1, -0.05) is 30.3 Å². The van der Waals surface area contributed by atoms with Crippen molar-refractivity contribution in [2.24, 2.45) is 0 Å². The van der Waals surface area contributed by atoms with Crippen LogP contribution < -0.4 is 5.32 Å². The van der Waals surface area contributed by atoms with E-state index in [2.05, 4.69) is 37.9 Å². The minimum Gasteiger partial charge on any atom is -0.377 e. The first-order valence-electron chi connectivity index (χ1n) is 5.54. The first-order chi connectivity index (χ1) is 8.76. The van der Waals surface area contributed by atoms with Gasteiger partial charge in [-0.3, -0.25) is 0 Å². The van der Waals surface area contributed by atoms with Crippen LogP contribution in [0.25, 0.3) is 11.3 Å². The lowest BCUT2D eigenvalue weighted by Crippen LogP contribution is -2.06. The van der Waals surface area contributed by atoms with Crippen LogP contribution >= 0.6 is 22.6 Å². The fourth-order valence-corrected chi connectivity index (χ4v) is 2.46. The third-order valence-corrected chi connectivity index (χ3v) is 3.48. The molecule has 1 aromatic carbocycles. The largest absolute Gasteiger partial charge is 0.377 e. The van der Waals surface area contributed by atoms with Crippen LogP contribution in [0.4, 0.5) is 5.82 Å². The SMILES string of the molecule is CNc1nc(COC)nc(-c2ccccc2)c1I. The van der Waals surface area contributed by atoms with E-state index in [1.807, 2.05) is 37.4 Å². The first kappa shape index (κ1) is 13.2. The van der Waals surface area contributed by atoms with Crippen molar-refractivity contribution in [3.63, 3.8) is 0 Å². The predicted molar refractivity (Wildman–Crippen MR) is 80.4 cm³/mol. The molecule has 18 heavy (non-hydrogen) atoms. The number of hydrogen-bond donors (Lipinski definition) is 1. The van der Waals surface area contributed by atoms with Crippen molar-refractivity contribution < 1.29 is 4.74 Å². The van der Waals surface area contributed by atoms with Gasteiger partial charge in [0, 0.05) is 19.7 Å². The van der Waals surface area contributed by atoms with Crippen molar-refractivity contribution >= 4 is 28.4 Å². The number of hydrogen-bond acceptors (Lipinski definition) is 4. The number of nitrogens with zero attached hydrogens (tertiary/aromatic N) is 2. The van der Waals surface area contributed by atoms with Gasteiger partial charge in [-0.25, -0.2) is 9.97 Å². The van der Waals surface area contributed by atoms with E-state index in [0.29, 0.717) is 12.4 Å². The summed E-state index contributed by atoms with van der Waals surface area (Å²) in [6, 6.07) is 10.1. The Morgan fingerprint density at radius 2 is 1.94 bits per heavy atom. The highest BCUT2D eigenvalue weighted by Gasteiger charge is 2.12. The summed E-state index contributed by atoms with van der Waals surface area (Å²) in [5.41, 5.74) is 2.01. The van der Waals surface area contributed by atoms with Crippen molar-refractivity contribution in [1.82, 2.24) is 9.97 Å². The van der Waals surface area contributed by atoms with Crippen LogP contribution in [-0.2, 0) is 11.3 Å². The lowest BCUT2D eigenvalue weighted by atomic mass is 10.1. The van der Waals surface area contributed by atoms with Crippen LogP contribution in [0.2, 0.25) is 0 Å². The first-order valence-corrected chi connectivity index (χ1v) is 6.62. The highest BCUT2D eigenvalue weighted by molar-refractivity contribution is 14.1. The lowest BCUT2D eigenvalue weighted by Gasteiger charge is -2.11. The van der Waals surface area contributed by atoms with Gasteiger partial charge in [0.05, 0.1) is 9.26 Å². The highest BCUT2D eigenvalue weighted by Crippen LogP contribution is 2.27. The van der Waals surface area contributed by atoms with Gasteiger partial charge >= 0.3 is 0 Å². The van der Waals surface area contributed by atoms with E-state index >= 15 is 0 Å². The molecule has 0 saturated heterocycles. The second kappa shape index (κ2) is 6.10. The van der Waals surface area contributed by atoms with Crippen LogP contribution in [0.3, 0.4) is 0 Å². The third kappa shape index (κ3) is 2.78. The number of benzene rings is 1. The van der Waals surface area contributed by atoms with Gasteiger partial charge in [-0.2, -0.15) is 0 Å². The van der Waals surface area contributed by atoms with Crippen LogP contribution in [0.1, 0.15) is 5.82 Å². The average molecular weight is 355 g/mol. The Labute approximate surface area is 120 Å². The average Bonchev–Trinajstić information content (AvgIpc) is 2.42. The maximum atomic E-state index is 5.10. The zero-order valence-corrected chi connectivity index (χ0v) is 12.4. The molecule has 4 nitrogen and oxygen atoms in total. The molecule has 0 amide bonds. The molecule has 1 N–H and O–H groups in total. The van der Waals surface area contributed by atoms with Crippen LogP contribution in [0.15, 0.2) is 30.3 Å². The smallest absolute Gasteiger partial charge is 0.157 e. The zero-order valence-electron chi connectivity index (χ0n) is 10.3. The molecular weight excluding hydrogens is 341 g/mol. The quantitative estimate of drug-likeness (QED) is 0.857. The summed E-state index contributed by atoms with van der Waals surface area (Å²) in [6.45, 7) is 0.408. The normalized spacial score (nSPS) is 10.4. The van der Waals surface area contributed by atoms with Gasteiger partial charge in [0.25, 0.3) is 0 Å². The molecule has 0 saturated carbocycles. The van der Waals surface area contributed by atoms with Crippen molar-refractivity contribution in [2.45, 2.75) is 6.61 Å². The Morgan fingerprint density at radius 1 is 1.22 bits per heavy atom. The lowest BCUT2D eigenvalue weighted by molar-refractivity contribution is 0.178. The van der Waals surface area contributed by atoms with E-state index in [0.717, 1.165) is 20.6 Å². The summed E-state index contributed by atoms with van der Waals surface area (Å²) in [5, 5.41) is 3.09. The Morgan fingerprint density at radius 3 is 2.56 bits per heavy atom. The minimum atomic E-state index is 0.408. The monoisotopic (exact) mass is 355 g/mol. The summed E-state index contributed by atoms with van der Waals surface area (Å²) >= 11 is 2.26. The Kier molecular flexibility index (Phi) is 4.48. The molecule has 0 aliphatic rings. The maximum absolute atomic E-state index is 5.10. The summed E-state index contributed by atoms with van der Waals surface area (Å²) in [4.78, 5) is 8.97. The predicted octanol–water partition coefficient (Wildman–Crippen LogP) is 2.94. The highest BCUT2D eigenvalue weighted by atomic mass is 127. The Bertz CT molecular complexity index is 531. The van der Waals surface area contributed by atoms with Crippen LogP contribution in [-0.4, -0.2) is 24.1 Å². The number of ether oxygens (including phenoxy) is 1. The molecule has 1 aromatic heterocycles. The van der Waals surface area contributed by atoms with E-state index in [4.69, 9.17) is 4.74 Å². The molecule has 1 heterocycles. The Balaban J connectivity index is 2.55. The summed E-state index contributed by atoms with van der Waals surface area (Å²) in [7, 11) is 3.50. The molecule has 0 bridgehead atoms. The topological polar surface area (TPSA) is 47.0 Å². The molecule has 0 aliphatic carbocycles. The number of methoxy groups -OCH3 is 1. The fourth-order valence-electron chi connectivity index (χ4n) is 1.64. The third-order valence-electron chi connectivity index (χ3n) is 2.45. The molecular formula is C13H14IN3O. The van der Waals surface area contributed by atoms with Crippen molar-refractivity contribution in [3.8, 4) is 11.3 Å². The minimum absolute atomic E-state index is 0.408. The van der Waals surface area contributed by atoms with Crippen molar-refractivity contribution in [1.29, 1.82) is 0 Å². The molecule has 0 radical (unpaired) electrons. The summed E-state index contributed by atoms with van der Waals surface area (Å²) in [6.07, 6.45) is 0. The maximum Gasteiger partial charge on any atom is 0.157 e. The summed E-state index contributed by atoms with van der Waals surface area (Å²) in [5.74, 6) is 1.51. The van der Waals surface area contributed by atoms with Gasteiger partial charge in [0.1, 0.15) is 12.4 Å². The number of nitrogens with one attached hydrogen (secondary N) is 1. The fraction of sp³-hybridized carbons (Fsp3) is 0.231. The van der Waals surface area contributed by atoms with E-state index in [1.165, 1.54) is 0 Å². The Hall–Kier alpha value is -1.21. The molecule has 2 aromatic rings. The molecule has 0 unspecified atom stereocenters. The molecule has 2 rings (SSSR count). The van der Waals surface area contributed by atoms with Gasteiger partial charge < -0.3 is 10.1 Å². The number of anilines is 1. The molecule has 94 valence electrons. The van der Waals surface area contributed by atoms with E-state index in [-0.39, 0.29) is 0 Å².